The van der Waals surface area contributed by atoms with Gasteiger partial charge in [0.1, 0.15) is 0 Å². The molecule has 0 aliphatic carbocycles. The number of hydrogen-bond donors (Lipinski definition) is 0. The van der Waals surface area contributed by atoms with Crippen LogP contribution < -0.4 is 0 Å². The topological polar surface area (TPSA) is 20.3 Å². The first kappa shape index (κ1) is 14.6. The van der Waals surface area contributed by atoms with Gasteiger partial charge in [0.05, 0.1) is 16.1 Å². The molecule has 5 heteroatoms. The zero-order valence-electron chi connectivity index (χ0n) is 10.1. The lowest BCUT2D eigenvalue weighted by atomic mass is 9.92. The van der Waals surface area contributed by atoms with Gasteiger partial charge in [0.25, 0.3) is 0 Å². The van der Waals surface area contributed by atoms with E-state index in [4.69, 9.17) is 11.6 Å². The Balaban J connectivity index is 3.28. The average molecular weight is 323 g/mol. The van der Waals surface area contributed by atoms with Crippen LogP contribution in [0.25, 0.3) is 0 Å². The Bertz CT molecular complexity index is 460. The van der Waals surface area contributed by atoms with Crippen molar-refractivity contribution >= 4 is 33.3 Å². The molecule has 0 aliphatic heterocycles. The lowest BCUT2D eigenvalue weighted by molar-refractivity contribution is 0.0751. The second-order valence-electron chi connectivity index (χ2n) is 4.51. The molecule has 2 nitrogen and oxygen atoms in total. The van der Waals surface area contributed by atoms with Crippen LogP contribution in [0, 0.1) is 5.82 Å². The Labute approximate surface area is 114 Å². The molecule has 17 heavy (non-hydrogen) atoms. The number of nitrogens with zero attached hydrogens (tertiary/aromatic N) is 1. The first-order valence-electron chi connectivity index (χ1n) is 5.05. The van der Waals surface area contributed by atoms with Crippen LogP contribution in [0.3, 0.4) is 0 Å². The molecular weight excluding hydrogens is 308 g/mol. The van der Waals surface area contributed by atoms with Crippen molar-refractivity contribution in [2.75, 3.05) is 14.1 Å². The Kier molecular flexibility index (Phi) is 4.33. The average Bonchev–Trinajstić information content (AvgIpc) is 2.25. The van der Waals surface area contributed by atoms with Gasteiger partial charge in [-0.2, -0.15) is 0 Å². The van der Waals surface area contributed by atoms with Crippen molar-refractivity contribution in [3.05, 3.63) is 33.0 Å². The number of ketones is 1. The van der Waals surface area contributed by atoms with Gasteiger partial charge in [-0.1, -0.05) is 11.6 Å². The molecule has 0 atom stereocenters. The Morgan fingerprint density at radius 2 is 1.94 bits per heavy atom. The fourth-order valence-electron chi connectivity index (χ4n) is 1.23. The molecule has 0 radical (unpaired) electrons. The highest BCUT2D eigenvalue weighted by molar-refractivity contribution is 9.10. The van der Waals surface area contributed by atoms with E-state index >= 15 is 0 Å². The number of hydrogen-bond acceptors (Lipinski definition) is 2. The summed E-state index contributed by atoms with van der Waals surface area (Å²) in [7, 11) is 3.55. The van der Waals surface area contributed by atoms with Crippen molar-refractivity contribution in [2.24, 2.45) is 0 Å². The van der Waals surface area contributed by atoms with E-state index in [0.29, 0.717) is 4.47 Å². The number of likely N-dealkylation sites (N-methyl/N-ethyl adjacent to an activating group) is 1. The van der Waals surface area contributed by atoms with Crippen LogP contribution in [0.2, 0.25) is 5.02 Å². The third-order valence-electron chi connectivity index (χ3n) is 2.95. The fourth-order valence-corrected chi connectivity index (χ4v) is 1.70. The monoisotopic (exact) mass is 321 g/mol. The largest absolute Gasteiger partial charge is 0.297 e. The molecule has 0 N–H and O–H groups in total. The van der Waals surface area contributed by atoms with Crippen molar-refractivity contribution in [3.63, 3.8) is 0 Å². The summed E-state index contributed by atoms with van der Waals surface area (Å²) in [5, 5.41) is -0.0644. The predicted molar refractivity (Wildman–Crippen MR) is 71.2 cm³/mol. The maximum atomic E-state index is 13.9. The van der Waals surface area contributed by atoms with E-state index in [1.165, 1.54) is 6.07 Å². The van der Waals surface area contributed by atoms with Gasteiger partial charge in [-0.25, -0.2) is 4.39 Å². The standard InChI is InChI=1S/C12H14BrClFNO/c1-12(2,16(3)4)11(17)7-5-6-8(13)9(14)10(7)15/h5-6H,1-4H3. The van der Waals surface area contributed by atoms with Gasteiger partial charge < -0.3 is 0 Å². The molecule has 1 aromatic rings. The quantitative estimate of drug-likeness (QED) is 0.624. The van der Waals surface area contributed by atoms with Crippen LogP contribution in [0.1, 0.15) is 24.2 Å². The lowest BCUT2D eigenvalue weighted by Crippen LogP contribution is -2.46. The molecule has 0 spiro atoms. The van der Waals surface area contributed by atoms with E-state index < -0.39 is 11.4 Å². The second kappa shape index (κ2) is 5.04. The van der Waals surface area contributed by atoms with Gasteiger partial charge in [-0.05, 0) is 56.0 Å². The van der Waals surface area contributed by atoms with Crippen LogP contribution in [0.5, 0.6) is 0 Å². The molecule has 0 amide bonds. The number of rotatable bonds is 3. The number of Topliss-reactive ketones (excluding diaryl/α,β-unsaturated/α-hetero) is 1. The third kappa shape index (κ3) is 2.69. The summed E-state index contributed by atoms with van der Waals surface area (Å²) in [6, 6.07) is 3.02. The van der Waals surface area contributed by atoms with Crippen LogP contribution in [-0.2, 0) is 0 Å². The molecular formula is C12H14BrClFNO. The van der Waals surface area contributed by atoms with E-state index in [9.17, 15) is 9.18 Å². The summed E-state index contributed by atoms with van der Waals surface area (Å²) >= 11 is 8.88. The van der Waals surface area contributed by atoms with Crippen LogP contribution in [0.4, 0.5) is 4.39 Å². The highest BCUT2D eigenvalue weighted by Crippen LogP contribution is 2.30. The lowest BCUT2D eigenvalue weighted by Gasteiger charge is -2.31. The Morgan fingerprint density at radius 1 is 1.41 bits per heavy atom. The molecule has 0 aromatic heterocycles. The maximum Gasteiger partial charge on any atom is 0.185 e. The first-order valence-corrected chi connectivity index (χ1v) is 6.22. The number of halogens is 3. The van der Waals surface area contributed by atoms with Crippen LogP contribution in [0.15, 0.2) is 16.6 Å². The van der Waals surface area contributed by atoms with E-state index in [1.54, 1.807) is 38.9 Å². The molecule has 0 fully saturated rings. The number of carbonyl (C=O) groups excluding carboxylic acids is 1. The Morgan fingerprint density at radius 3 is 2.41 bits per heavy atom. The maximum absolute atomic E-state index is 13.9. The van der Waals surface area contributed by atoms with E-state index in [0.717, 1.165) is 0 Å². The first-order chi connectivity index (χ1) is 7.69. The minimum Gasteiger partial charge on any atom is -0.297 e. The minimum atomic E-state index is -0.780. The van der Waals surface area contributed by atoms with E-state index in [-0.39, 0.29) is 16.4 Å². The summed E-state index contributed by atoms with van der Waals surface area (Å²) < 4.78 is 14.3. The molecule has 0 aliphatic rings. The second-order valence-corrected chi connectivity index (χ2v) is 5.74. The summed E-state index contributed by atoms with van der Waals surface area (Å²) in [6.07, 6.45) is 0. The zero-order valence-corrected chi connectivity index (χ0v) is 12.5. The summed E-state index contributed by atoms with van der Waals surface area (Å²) in [4.78, 5) is 14.0. The van der Waals surface area contributed by atoms with Crippen LogP contribution in [-0.4, -0.2) is 30.3 Å². The van der Waals surface area contributed by atoms with Gasteiger partial charge in [-0.3, -0.25) is 9.69 Å². The van der Waals surface area contributed by atoms with Gasteiger partial charge in [0.15, 0.2) is 11.6 Å². The molecule has 1 rings (SSSR count). The van der Waals surface area contributed by atoms with Crippen molar-refractivity contribution in [2.45, 2.75) is 19.4 Å². The van der Waals surface area contributed by atoms with E-state index in [2.05, 4.69) is 15.9 Å². The molecule has 0 saturated heterocycles. The SMILES string of the molecule is CN(C)C(C)(C)C(=O)c1ccc(Br)c(Cl)c1F. The highest BCUT2D eigenvalue weighted by atomic mass is 79.9. The summed E-state index contributed by atoms with van der Waals surface area (Å²) in [6.45, 7) is 3.48. The highest BCUT2D eigenvalue weighted by Gasteiger charge is 2.33. The number of carbonyl (C=O) groups is 1. The van der Waals surface area contributed by atoms with E-state index in [1.807, 2.05) is 0 Å². The molecule has 0 bridgehead atoms. The van der Waals surface area contributed by atoms with Gasteiger partial charge in [-0.15, -0.1) is 0 Å². The molecule has 94 valence electrons. The van der Waals surface area contributed by atoms with Gasteiger partial charge >= 0.3 is 0 Å². The van der Waals surface area contributed by atoms with Crippen molar-refractivity contribution in [1.82, 2.24) is 4.90 Å². The van der Waals surface area contributed by atoms with Crippen molar-refractivity contribution in [3.8, 4) is 0 Å². The predicted octanol–water partition coefficient (Wildman–Crippen LogP) is 3.76. The minimum absolute atomic E-state index is 0.0110. The molecule has 0 heterocycles. The normalized spacial score (nSPS) is 12.0. The van der Waals surface area contributed by atoms with Crippen molar-refractivity contribution in [1.29, 1.82) is 0 Å². The fraction of sp³-hybridized carbons (Fsp3) is 0.417. The number of benzene rings is 1. The zero-order chi connectivity index (χ0) is 13.4. The van der Waals surface area contributed by atoms with Crippen molar-refractivity contribution < 1.29 is 9.18 Å². The summed E-state index contributed by atoms with van der Waals surface area (Å²) in [5.41, 5.74) is -0.769. The van der Waals surface area contributed by atoms with Gasteiger partial charge in [0, 0.05) is 4.47 Å². The Hall–Kier alpha value is -0.450. The van der Waals surface area contributed by atoms with Crippen LogP contribution >= 0.6 is 27.5 Å². The summed E-state index contributed by atoms with van der Waals surface area (Å²) in [5.74, 6) is -0.977. The third-order valence-corrected chi connectivity index (χ3v) is 4.21. The smallest absolute Gasteiger partial charge is 0.185 e. The van der Waals surface area contributed by atoms with Gasteiger partial charge in [0.2, 0.25) is 0 Å². The molecule has 0 unspecified atom stereocenters. The molecule has 0 saturated carbocycles. The molecule has 1 aromatic carbocycles.